The fraction of sp³-hybridized carbons (Fsp3) is 0.652. The van der Waals surface area contributed by atoms with E-state index in [1.165, 1.54) is 0 Å². The molecule has 0 aliphatic carbocycles. The third-order valence-corrected chi connectivity index (χ3v) is 5.85. The molecule has 3 rings (SSSR count). The summed E-state index contributed by atoms with van der Waals surface area (Å²) in [4.78, 5) is 21.1. The zero-order chi connectivity index (χ0) is 21.3. The minimum absolute atomic E-state index is 0.222. The molecule has 1 amide bonds. The number of carbonyl (C=O) groups is 1. The summed E-state index contributed by atoms with van der Waals surface area (Å²) in [5.74, 6) is 1.62. The lowest BCUT2D eigenvalue weighted by Gasteiger charge is -2.37. The van der Waals surface area contributed by atoms with Crippen molar-refractivity contribution in [3.05, 3.63) is 29.8 Å². The van der Waals surface area contributed by atoms with Gasteiger partial charge >= 0.3 is 0 Å². The van der Waals surface area contributed by atoms with Gasteiger partial charge < -0.3 is 20.3 Å². The van der Waals surface area contributed by atoms with Crippen LogP contribution in [0.3, 0.4) is 0 Å². The van der Waals surface area contributed by atoms with Gasteiger partial charge in [0.1, 0.15) is 0 Å². The largest absolute Gasteiger partial charge is 0.379 e. The fourth-order valence-electron chi connectivity index (χ4n) is 4.11. The molecule has 7 heteroatoms. The molecule has 0 aromatic heterocycles. The van der Waals surface area contributed by atoms with Gasteiger partial charge in [0.2, 0.25) is 5.91 Å². The van der Waals surface area contributed by atoms with Gasteiger partial charge in [0, 0.05) is 50.9 Å². The molecular formula is C23H37N5O2. The van der Waals surface area contributed by atoms with Gasteiger partial charge in [-0.2, -0.15) is 0 Å². The molecule has 1 atom stereocenters. The summed E-state index contributed by atoms with van der Waals surface area (Å²) in [6.07, 6.45) is 1.61. The monoisotopic (exact) mass is 415 g/mol. The number of aliphatic imine (C=N–C) groups is 1. The molecule has 1 aromatic rings. The molecule has 0 saturated carbocycles. The van der Waals surface area contributed by atoms with Gasteiger partial charge in [0.15, 0.2) is 5.96 Å². The summed E-state index contributed by atoms with van der Waals surface area (Å²) in [6, 6.07) is 8.65. The van der Waals surface area contributed by atoms with E-state index in [9.17, 15) is 4.79 Å². The standard InChI is InChI=1S/C23H37N5O2/c1-4-24-23(26-17-21(18(2)3)27-12-14-30-15-13-27)25-16-19-7-9-20(10-8-19)28-11-5-6-22(28)29/h7-10,18,21H,4-6,11-17H2,1-3H3,(H2,24,25,26). The topological polar surface area (TPSA) is 69.2 Å². The minimum atomic E-state index is 0.222. The van der Waals surface area contributed by atoms with Crippen LogP contribution >= 0.6 is 0 Å². The van der Waals surface area contributed by atoms with Crippen LogP contribution in [0.1, 0.15) is 39.2 Å². The predicted octanol–water partition coefficient (Wildman–Crippen LogP) is 2.23. The lowest BCUT2D eigenvalue weighted by molar-refractivity contribution is -0.117. The average Bonchev–Trinajstić information content (AvgIpc) is 3.19. The van der Waals surface area contributed by atoms with Crippen LogP contribution in [0.15, 0.2) is 29.3 Å². The van der Waals surface area contributed by atoms with Crippen molar-refractivity contribution in [2.45, 2.75) is 46.2 Å². The van der Waals surface area contributed by atoms with Gasteiger partial charge in [0.25, 0.3) is 0 Å². The Hall–Kier alpha value is -2.12. The number of hydrogen-bond donors (Lipinski definition) is 2. The highest BCUT2D eigenvalue weighted by molar-refractivity contribution is 5.95. The Labute approximate surface area is 180 Å². The molecule has 2 heterocycles. The smallest absolute Gasteiger partial charge is 0.227 e. The van der Waals surface area contributed by atoms with Gasteiger partial charge in [-0.25, -0.2) is 4.99 Å². The zero-order valence-electron chi connectivity index (χ0n) is 18.7. The van der Waals surface area contributed by atoms with Crippen LogP contribution in [0.25, 0.3) is 0 Å². The summed E-state index contributed by atoms with van der Waals surface area (Å²) in [5, 5.41) is 6.89. The van der Waals surface area contributed by atoms with Crippen LogP contribution in [-0.2, 0) is 16.1 Å². The molecule has 0 spiro atoms. The molecule has 2 fully saturated rings. The first-order valence-electron chi connectivity index (χ1n) is 11.3. The number of nitrogens with one attached hydrogen (secondary N) is 2. The van der Waals surface area contributed by atoms with Crippen molar-refractivity contribution in [2.75, 3.05) is 50.8 Å². The Morgan fingerprint density at radius 2 is 1.87 bits per heavy atom. The molecule has 7 nitrogen and oxygen atoms in total. The highest BCUT2D eigenvalue weighted by atomic mass is 16.5. The maximum absolute atomic E-state index is 11.9. The van der Waals surface area contributed by atoms with Gasteiger partial charge in [-0.15, -0.1) is 0 Å². The number of benzene rings is 1. The Morgan fingerprint density at radius 1 is 1.13 bits per heavy atom. The Kier molecular flexibility index (Phi) is 8.51. The van der Waals surface area contributed by atoms with Crippen LogP contribution in [0.2, 0.25) is 0 Å². The maximum Gasteiger partial charge on any atom is 0.227 e. The first-order chi connectivity index (χ1) is 14.6. The number of carbonyl (C=O) groups excluding carboxylic acids is 1. The predicted molar refractivity (Wildman–Crippen MR) is 122 cm³/mol. The van der Waals surface area contributed by atoms with Crippen molar-refractivity contribution in [3.8, 4) is 0 Å². The summed E-state index contributed by atoms with van der Waals surface area (Å²) in [7, 11) is 0. The van der Waals surface area contributed by atoms with Crippen molar-refractivity contribution in [2.24, 2.45) is 10.9 Å². The van der Waals surface area contributed by atoms with E-state index in [1.807, 2.05) is 17.0 Å². The van der Waals surface area contributed by atoms with Crippen LogP contribution in [0.5, 0.6) is 0 Å². The lowest BCUT2D eigenvalue weighted by atomic mass is 10.0. The quantitative estimate of drug-likeness (QED) is 0.503. The van der Waals surface area contributed by atoms with E-state index in [4.69, 9.17) is 9.73 Å². The van der Waals surface area contributed by atoms with E-state index in [1.54, 1.807) is 0 Å². The second-order valence-electron chi connectivity index (χ2n) is 8.35. The second-order valence-corrected chi connectivity index (χ2v) is 8.35. The molecule has 0 bridgehead atoms. The van der Waals surface area contributed by atoms with Crippen LogP contribution in [0, 0.1) is 5.92 Å². The normalized spacial score (nSPS) is 19.4. The summed E-state index contributed by atoms with van der Waals surface area (Å²) >= 11 is 0. The second kappa shape index (κ2) is 11.3. The first-order valence-corrected chi connectivity index (χ1v) is 11.3. The Morgan fingerprint density at radius 3 is 2.47 bits per heavy atom. The number of hydrogen-bond acceptors (Lipinski definition) is 4. The van der Waals surface area contributed by atoms with E-state index in [2.05, 4.69) is 48.4 Å². The molecule has 2 aliphatic heterocycles. The Bertz CT molecular complexity index is 698. The van der Waals surface area contributed by atoms with Crippen LogP contribution < -0.4 is 15.5 Å². The highest BCUT2D eigenvalue weighted by Crippen LogP contribution is 2.21. The van der Waals surface area contributed by atoms with Crippen LogP contribution in [0.4, 0.5) is 5.69 Å². The molecule has 2 aliphatic rings. The van der Waals surface area contributed by atoms with Gasteiger partial charge in [-0.1, -0.05) is 26.0 Å². The molecule has 166 valence electrons. The lowest BCUT2D eigenvalue weighted by Crippen LogP contribution is -2.52. The highest BCUT2D eigenvalue weighted by Gasteiger charge is 2.24. The van der Waals surface area contributed by atoms with E-state index in [-0.39, 0.29) is 5.91 Å². The van der Waals surface area contributed by atoms with E-state index < -0.39 is 0 Å². The molecule has 2 N–H and O–H groups in total. The number of ether oxygens (including phenoxy) is 1. The van der Waals surface area contributed by atoms with Crippen LogP contribution in [-0.4, -0.2) is 68.7 Å². The SMILES string of the molecule is CCNC(=NCc1ccc(N2CCCC2=O)cc1)NCC(C(C)C)N1CCOCC1. The number of amides is 1. The third-order valence-electron chi connectivity index (χ3n) is 5.85. The molecule has 1 aromatic carbocycles. The van der Waals surface area contributed by atoms with Crippen molar-refractivity contribution >= 4 is 17.6 Å². The summed E-state index contributed by atoms with van der Waals surface area (Å²) < 4.78 is 5.51. The van der Waals surface area contributed by atoms with Gasteiger partial charge in [0.05, 0.1) is 19.8 Å². The number of anilines is 1. The number of guanidine groups is 1. The van der Waals surface area contributed by atoms with E-state index in [0.29, 0.717) is 24.9 Å². The zero-order valence-corrected chi connectivity index (χ0v) is 18.7. The summed E-state index contributed by atoms with van der Waals surface area (Å²) in [6.45, 7) is 13.4. The van der Waals surface area contributed by atoms with Crippen molar-refractivity contribution in [1.82, 2.24) is 15.5 Å². The van der Waals surface area contributed by atoms with Crippen molar-refractivity contribution in [3.63, 3.8) is 0 Å². The fourth-order valence-corrected chi connectivity index (χ4v) is 4.11. The minimum Gasteiger partial charge on any atom is -0.379 e. The van der Waals surface area contributed by atoms with Crippen molar-refractivity contribution < 1.29 is 9.53 Å². The number of morpholine rings is 1. The number of nitrogens with zero attached hydrogens (tertiary/aromatic N) is 3. The third kappa shape index (κ3) is 6.19. The molecule has 2 saturated heterocycles. The van der Waals surface area contributed by atoms with E-state index in [0.717, 1.165) is 69.6 Å². The van der Waals surface area contributed by atoms with Gasteiger partial charge in [-0.05, 0) is 37.0 Å². The van der Waals surface area contributed by atoms with E-state index >= 15 is 0 Å². The Balaban J connectivity index is 1.57. The van der Waals surface area contributed by atoms with Gasteiger partial charge in [-0.3, -0.25) is 9.69 Å². The van der Waals surface area contributed by atoms with Crippen molar-refractivity contribution in [1.29, 1.82) is 0 Å². The number of rotatable bonds is 8. The molecular weight excluding hydrogens is 378 g/mol. The molecule has 0 radical (unpaired) electrons. The molecule has 30 heavy (non-hydrogen) atoms. The molecule has 1 unspecified atom stereocenters. The first kappa shape index (κ1) is 22.6. The average molecular weight is 416 g/mol. The summed E-state index contributed by atoms with van der Waals surface area (Å²) in [5.41, 5.74) is 2.12. The maximum atomic E-state index is 11.9.